The summed E-state index contributed by atoms with van der Waals surface area (Å²) in [6.45, 7) is -0.379. The van der Waals surface area contributed by atoms with Gasteiger partial charge in [-0.2, -0.15) is 0 Å². The number of nitrogens with zero attached hydrogens (tertiary/aromatic N) is 2. The number of hydrogen-bond acceptors (Lipinski definition) is 4. The second-order valence-electron chi connectivity index (χ2n) is 2.72. The lowest BCUT2D eigenvalue weighted by Gasteiger charge is -2.01. The zero-order valence-corrected chi connectivity index (χ0v) is 8.77. The van der Waals surface area contributed by atoms with Crippen molar-refractivity contribution in [2.75, 3.05) is 13.7 Å². The first-order valence-electron chi connectivity index (χ1n) is 4.11. The summed E-state index contributed by atoms with van der Waals surface area (Å²) < 4.78 is 0. The molecular formula is C9H9ClN2O3. The molecule has 0 atom stereocenters. The van der Waals surface area contributed by atoms with Gasteiger partial charge in [-0.1, -0.05) is 28.9 Å². The molecule has 0 aliphatic rings. The van der Waals surface area contributed by atoms with E-state index in [0.29, 0.717) is 10.6 Å². The number of benzene rings is 1. The highest BCUT2D eigenvalue weighted by atomic mass is 35.5. The Hall–Kier alpha value is -1.62. The molecule has 0 aliphatic heterocycles. The molecule has 1 aromatic rings. The van der Waals surface area contributed by atoms with E-state index in [9.17, 15) is 10.1 Å². The van der Waals surface area contributed by atoms with E-state index >= 15 is 0 Å². The Morgan fingerprint density at radius 2 is 2.13 bits per heavy atom. The van der Waals surface area contributed by atoms with Crippen molar-refractivity contribution in [2.45, 2.75) is 0 Å². The lowest BCUT2D eigenvalue weighted by Crippen LogP contribution is -2.15. The third-order valence-electron chi connectivity index (χ3n) is 1.66. The van der Waals surface area contributed by atoms with Gasteiger partial charge in [-0.15, -0.1) is 0 Å². The van der Waals surface area contributed by atoms with Crippen LogP contribution in [0.25, 0.3) is 0 Å². The van der Waals surface area contributed by atoms with Gasteiger partial charge >= 0.3 is 0 Å². The van der Waals surface area contributed by atoms with E-state index < -0.39 is 4.92 Å². The molecule has 5 nitrogen and oxygen atoms in total. The van der Waals surface area contributed by atoms with Gasteiger partial charge in [0.05, 0.1) is 0 Å². The van der Waals surface area contributed by atoms with Crippen LogP contribution in [0.5, 0.6) is 0 Å². The first kappa shape index (κ1) is 11.5. The molecule has 0 fully saturated rings. The Morgan fingerprint density at radius 3 is 2.60 bits per heavy atom. The van der Waals surface area contributed by atoms with Crippen LogP contribution in [0.4, 0.5) is 0 Å². The highest BCUT2D eigenvalue weighted by Gasteiger charge is 2.11. The van der Waals surface area contributed by atoms with Crippen molar-refractivity contribution in [3.05, 3.63) is 45.0 Å². The maximum Gasteiger partial charge on any atom is 0.249 e. The monoisotopic (exact) mass is 228 g/mol. The predicted octanol–water partition coefficient (Wildman–Crippen LogP) is 1.97. The minimum atomic E-state index is -0.466. The maximum absolute atomic E-state index is 10.4. The van der Waals surface area contributed by atoms with E-state index in [-0.39, 0.29) is 12.3 Å². The van der Waals surface area contributed by atoms with Gasteiger partial charge in [-0.05, 0) is 12.1 Å². The van der Waals surface area contributed by atoms with Crippen LogP contribution in [-0.2, 0) is 4.84 Å². The number of rotatable bonds is 4. The van der Waals surface area contributed by atoms with Gasteiger partial charge in [-0.3, -0.25) is 10.1 Å². The van der Waals surface area contributed by atoms with Crippen LogP contribution in [0, 0.1) is 10.1 Å². The minimum Gasteiger partial charge on any atom is -0.399 e. The quantitative estimate of drug-likeness (QED) is 0.450. The van der Waals surface area contributed by atoms with Gasteiger partial charge in [0.1, 0.15) is 7.11 Å². The lowest BCUT2D eigenvalue weighted by atomic mass is 10.1. The summed E-state index contributed by atoms with van der Waals surface area (Å²) in [7, 11) is 1.34. The molecule has 0 spiro atoms. The summed E-state index contributed by atoms with van der Waals surface area (Å²) in [5.41, 5.74) is 0.886. The molecule has 0 bridgehead atoms. The Morgan fingerprint density at radius 1 is 1.53 bits per heavy atom. The second-order valence-corrected chi connectivity index (χ2v) is 3.15. The molecule has 0 amide bonds. The topological polar surface area (TPSA) is 64.7 Å². The van der Waals surface area contributed by atoms with Crippen LogP contribution in [0.1, 0.15) is 5.56 Å². The van der Waals surface area contributed by atoms with Crippen molar-refractivity contribution < 1.29 is 9.76 Å². The van der Waals surface area contributed by atoms with Crippen LogP contribution in [0.15, 0.2) is 29.4 Å². The van der Waals surface area contributed by atoms with E-state index in [0.717, 1.165) is 0 Å². The van der Waals surface area contributed by atoms with Crippen LogP contribution in [0.2, 0.25) is 5.02 Å². The lowest BCUT2D eigenvalue weighted by molar-refractivity contribution is -0.463. The molecule has 15 heavy (non-hydrogen) atoms. The number of nitro groups is 1. The molecular weight excluding hydrogens is 220 g/mol. The third kappa shape index (κ3) is 3.55. The number of halogens is 1. The zero-order valence-electron chi connectivity index (χ0n) is 8.01. The summed E-state index contributed by atoms with van der Waals surface area (Å²) >= 11 is 5.69. The average molecular weight is 229 g/mol. The molecule has 1 aromatic carbocycles. The number of oxime groups is 1. The summed E-state index contributed by atoms with van der Waals surface area (Å²) in [5, 5.41) is 14.5. The smallest absolute Gasteiger partial charge is 0.249 e. The molecule has 0 aromatic heterocycles. The van der Waals surface area contributed by atoms with Gasteiger partial charge < -0.3 is 4.84 Å². The van der Waals surface area contributed by atoms with Crippen molar-refractivity contribution in [2.24, 2.45) is 5.16 Å². The van der Waals surface area contributed by atoms with Crippen molar-refractivity contribution in [1.82, 2.24) is 0 Å². The van der Waals surface area contributed by atoms with Gasteiger partial charge in [0.25, 0.3) is 0 Å². The van der Waals surface area contributed by atoms with E-state index in [2.05, 4.69) is 9.99 Å². The zero-order chi connectivity index (χ0) is 11.3. The van der Waals surface area contributed by atoms with Crippen LogP contribution < -0.4 is 0 Å². The van der Waals surface area contributed by atoms with Crippen LogP contribution in [-0.4, -0.2) is 24.3 Å². The van der Waals surface area contributed by atoms with Gasteiger partial charge in [0.2, 0.25) is 6.54 Å². The van der Waals surface area contributed by atoms with Gasteiger partial charge in [0.15, 0.2) is 5.71 Å². The summed E-state index contributed by atoms with van der Waals surface area (Å²) in [6, 6.07) is 6.59. The Bertz CT molecular complexity index is 375. The standard InChI is InChI=1S/C9H9ClN2O3/c1-15-11-9(6-12(13)14)7-2-4-8(10)5-3-7/h2-5H,6H2,1H3. The highest BCUT2D eigenvalue weighted by Crippen LogP contribution is 2.10. The molecule has 0 aliphatic carbocycles. The SMILES string of the molecule is CON=C(C[N+](=O)[O-])c1ccc(Cl)cc1. The molecule has 0 unspecified atom stereocenters. The Labute approximate surface area is 91.4 Å². The molecule has 0 radical (unpaired) electrons. The van der Waals surface area contributed by atoms with E-state index in [1.165, 1.54) is 7.11 Å². The maximum atomic E-state index is 10.4. The molecule has 0 N–H and O–H groups in total. The molecule has 0 saturated heterocycles. The van der Waals surface area contributed by atoms with E-state index in [1.807, 2.05) is 0 Å². The summed E-state index contributed by atoms with van der Waals surface area (Å²) in [4.78, 5) is 14.4. The van der Waals surface area contributed by atoms with Gasteiger partial charge in [0, 0.05) is 15.5 Å². The van der Waals surface area contributed by atoms with Crippen LogP contribution in [0.3, 0.4) is 0 Å². The highest BCUT2D eigenvalue weighted by molar-refractivity contribution is 6.30. The van der Waals surface area contributed by atoms with Crippen molar-refractivity contribution >= 4 is 17.3 Å². The Balaban J connectivity index is 2.94. The first-order chi connectivity index (χ1) is 7.13. The summed E-state index contributed by atoms with van der Waals surface area (Å²) in [5.74, 6) is 0. The average Bonchev–Trinajstić information content (AvgIpc) is 2.17. The molecule has 1 rings (SSSR count). The van der Waals surface area contributed by atoms with E-state index in [1.54, 1.807) is 24.3 Å². The first-order valence-corrected chi connectivity index (χ1v) is 4.49. The second kappa shape index (κ2) is 5.31. The minimum absolute atomic E-state index is 0.263. The van der Waals surface area contributed by atoms with Gasteiger partial charge in [-0.25, -0.2) is 0 Å². The molecule has 0 saturated carbocycles. The fourth-order valence-electron chi connectivity index (χ4n) is 1.05. The fourth-order valence-corrected chi connectivity index (χ4v) is 1.17. The fraction of sp³-hybridized carbons (Fsp3) is 0.222. The number of hydrogen-bond donors (Lipinski definition) is 0. The predicted molar refractivity (Wildman–Crippen MR) is 56.9 cm³/mol. The normalized spacial score (nSPS) is 11.2. The molecule has 0 heterocycles. The van der Waals surface area contributed by atoms with Crippen molar-refractivity contribution in [3.8, 4) is 0 Å². The van der Waals surface area contributed by atoms with Crippen molar-refractivity contribution in [3.63, 3.8) is 0 Å². The Kier molecular flexibility index (Phi) is 4.05. The summed E-state index contributed by atoms with van der Waals surface area (Å²) in [6.07, 6.45) is 0. The third-order valence-corrected chi connectivity index (χ3v) is 1.91. The van der Waals surface area contributed by atoms with Crippen molar-refractivity contribution in [1.29, 1.82) is 0 Å². The van der Waals surface area contributed by atoms with E-state index in [4.69, 9.17) is 11.6 Å². The van der Waals surface area contributed by atoms with Crippen LogP contribution >= 0.6 is 11.6 Å². The largest absolute Gasteiger partial charge is 0.399 e. The molecule has 6 heteroatoms. The molecule has 80 valence electrons.